The van der Waals surface area contributed by atoms with Gasteiger partial charge in [0.25, 0.3) is 0 Å². The molecule has 0 radical (unpaired) electrons. The summed E-state index contributed by atoms with van der Waals surface area (Å²) in [6.45, 7) is 4.11. The molecule has 3 nitrogen and oxygen atoms in total. The number of hydrogen-bond acceptors (Lipinski definition) is 2. The number of rotatable bonds is 3. The van der Waals surface area contributed by atoms with E-state index in [1.54, 1.807) is 0 Å². The van der Waals surface area contributed by atoms with Gasteiger partial charge in [-0.2, -0.15) is 0 Å². The Morgan fingerprint density at radius 3 is 3.05 bits per heavy atom. The van der Waals surface area contributed by atoms with Gasteiger partial charge in [0.05, 0.1) is 5.92 Å². The first kappa shape index (κ1) is 12.7. The van der Waals surface area contributed by atoms with Gasteiger partial charge in [0.15, 0.2) is 0 Å². The van der Waals surface area contributed by atoms with Crippen molar-refractivity contribution >= 4 is 5.91 Å². The lowest BCUT2D eigenvalue weighted by Gasteiger charge is -2.32. The summed E-state index contributed by atoms with van der Waals surface area (Å²) in [4.78, 5) is 12.2. The second-order valence-electron chi connectivity index (χ2n) is 5.88. The predicted molar refractivity (Wildman–Crippen MR) is 76.1 cm³/mol. The number of piperidine rings is 1. The zero-order valence-corrected chi connectivity index (χ0v) is 11.5. The van der Waals surface area contributed by atoms with Crippen LogP contribution in [0.3, 0.4) is 0 Å². The van der Waals surface area contributed by atoms with E-state index in [1.807, 2.05) is 12.1 Å². The molecule has 0 saturated carbocycles. The molecule has 1 saturated heterocycles. The maximum atomic E-state index is 12.2. The smallest absolute Gasteiger partial charge is 0.227 e. The van der Waals surface area contributed by atoms with Crippen molar-refractivity contribution in [3.05, 3.63) is 35.4 Å². The summed E-state index contributed by atoms with van der Waals surface area (Å²) in [6.07, 6.45) is 3.41. The minimum atomic E-state index is 0.0788. The molecule has 1 heterocycles. The molecule has 3 atom stereocenters. The average molecular weight is 258 g/mol. The van der Waals surface area contributed by atoms with Crippen molar-refractivity contribution in [2.75, 3.05) is 13.1 Å². The molecule has 0 aromatic heterocycles. The first-order chi connectivity index (χ1) is 9.25. The van der Waals surface area contributed by atoms with E-state index in [0.717, 1.165) is 19.5 Å². The third-order valence-corrected chi connectivity index (χ3v) is 4.60. The minimum absolute atomic E-state index is 0.0788. The van der Waals surface area contributed by atoms with Crippen LogP contribution in [0, 0.1) is 5.92 Å². The Bertz CT molecular complexity index is 472. The molecule has 1 fully saturated rings. The molecule has 1 aromatic carbocycles. The van der Waals surface area contributed by atoms with Gasteiger partial charge in [0, 0.05) is 12.6 Å². The van der Waals surface area contributed by atoms with Gasteiger partial charge in [-0.1, -0.05) is 31.2 Å². The normalized spacial score (nSPS) is 29.2. The van der Waals surface area contributed by atoms with Crippen molar-refractivity contribution in [3.63, 3.8) is 0 Å². The predicted octanol–water partition coefficient (Wildman–Crippen LogP) is 1.83. The molecule has 1 aromatic rings. The van der Waals surface area contributed by atoms with E-state index in [2.05, 4.69) is 29.7 Å². The second-order valence-corrected chi connectivity index (χ2v) is 5.88. The Morgan fingerprint density at radius 2 is 2.26 bits per heavy atom. The van der Waals surface area contributed by atoms with Crippen LogP contribution in [0.15, 0.2) is 24.3 Å². The molecule has 0 spiro atoms. The monoisotopic (exact) mass is 258 g/mol. The van der Waals surface area contributed by atoms with E-state index < -0.39 is 0 Å². The van der Waals surface area contributed by atoms with Gasteiger partial charge in [0.2, 0.25) is 5.91 Å². The average Bonchev–Trinajstić information content (AvgIpc) is 2.39. The number of benzene rings is 1. The lowest BCUT2D eigenvalue weighted by molar-refractivity contribution is -0.123. The van der Waals surface area contributed by atoms with Gasteiger partial charge in [-0.25, -0.2) is 0 Å². The van der Waals surface area contributed by atoms with E-state index >= 15 is 0 Å². The number of amides is 1. The van der Waals surface area contributed by atoms with Gasteiger partial charge in [0.1, 0.15) is 0 Å². The lowest BCUT2D eigenvalue weighted by atomic mass is 9.77. The molecule has 3 unspecified atom stereocenters. The molecule has 1 aliphatic carbocycles. The van der Waals surface area contributed by atoms with Crippen molar-refractivity contribution in [1.29, 1.82) is 0 Å². The number of carbonyl (C=O) groups excluding carboxylic acids is 1. The first-order valence-corrected chi connectivity index (χ1v) is 7.34. The summed E-state index contributed by atoms with van der Waals surface area (Å²) < 4.78 is 0. The minimum Gasteiger partial charge on any atom is -0.354 e. The van der Waals surface area contributed by atoms with Crippen LogP contribution in [-0.4, -0.2) is 25.0 Å². The summed E-state index contributed by atoms with van der Waals surface area (Å²) in [5, 5.41) is 6.63. The summed E-state index contributed by atoms with van der Waals surface area (Å²) in [7, 11) is 0. The van der Waals surface area contributed by atoms with E-state index in [0.29, 0.717) is 12.0 Å². The van der Waals surface area contributed by atoms with Crippen LogP contribution >= 0.6 is 0 Å². The Morgan fingerprint density at radius 1 is 1.42 bits per heavy atom. The van der Waals surface area contributed by atoms with Gasteiger partial charge < -0.3 is 10.6 Å². The Labute approximate surface area is 114 Å². The maximum absolute atomic E-state index is 12.2. The molecule has 3 rings (SSSR count). The van der Waals surface area contributed by atoms with Crippen molar-refractivity contribution in [1.82, 2.24) is 10.6 Å². The molecule has 1 aliphatic heterocycles. The van der Waals surface area contributed by atoms with Crippen LogP contribution in [0.5, 0.6) is 0 Å². The van der Waals surface area contributed by atoms with E-state index in [4.69, 9.17) is 0 Å². The van der Waals surface area contributed by atoms with E-state index in [1.165, 1.54) is 24.0 Å². The first-order valence-electron chi connectivity index (χ1n) is 7.34. The molecule has 3 heteroatoms. The Kier molecular flexibility index (Phi) is 3.56. The van der Waals surface area contributed by atoms with Crippen molar-refractivity contribution in [2.45, 2.75) is 38.1 Å². The fourth-order valence-electron chi connectivity index (χ4n) is 3.21. The van der Waals surface area contributed by atoms with E-state index in [-0.39, 0.29) is 11.8 Å². The fraction of sp³-hybridized carbons (Fsp3) is 0.562. The highest BCUT2D eigenvalue weighted by atomic mass is 16.1. The van der Waals surface area contributed by atoms with Crippen molar-refractivity contribution in [3.8, 4) is 0 Å². The van der Waals surface area contributed by atoms with Crippen molar-refractivity contribution < 1.29 is 4.79 Å². The Hall–Kier alpha value is -1.35. The summed E-state index contributed by atoms with van der Waals surface area (Å²) in [5.41, 5.74) is 2.54. The zero-order valence-electron chi connectivity index (χ0n) is 11.5. The summed E-state index contributed by atoms with van der Waals surface area (Å²) in [5.74, 6) is 0.927. The molecule has 0 bridgehead atoms. The van der Waals surface area contributed by atoms with Crippen LogP contribution in [-0.2, 0) is 11.2 Å². The Balaban J connectivity index is 1.53. The fourth-order valence-corrected chi connectivity index (χ4v) is 3.21. The maximum Gasteiger partial charge on any atom is 0.227 e. The number of carbonyl (C=O) groups is 1. The van der Waals surface area contributed by atoms with Gasteiger partial charge in [-0.15, -0.1) is 0 Å². The highest BCUT2D eigenvalue weighted by Gasteiger charge is 2.32. The number of fused-ring (bicyclic) bond motifs is 1. The van der Waals surface area contributed by atoms with E-state index in [9.17, 15) is 4.79 Å². The quantitative estimate of drug-likeness (QED) is 0.868. The highest BCUT2D eigenvalue weighted by Crippen LogP contribution is 2.34. The van der Waals surface area contributed by atoms with Gasteiger partial charge >= 0.3 is 0 Å². The van der Waals surface area contributed by atoms with Gasteiger partial charge in [-0.05, 0) is 42.9 Å². The SMILES string of the molecule is CC1CCCNC1CNC(=O)C1Cc2ccccc21. The number of hydrogen-bond donors (Lipinski definition) is 2. The molecular weight excluding hydrogens is 236 g/mol. The molecule has 102 valence electrons. The molecular formula is C16H22N2O. The molecule has 2 aliphatic rings. The standard InChI is InChI=1S/C16H22N2O/c1-11-5-4-8-17-15(11)10-18-16(19)14-9-12-6-2-3-7-13(12)14/h2-3,6-7,11,14-15,17H,4-5,8-10H2,1H3,(H,18,19). The van der Waals surface area contributed by atoms with Crippen LogP contribution in [0.25, 0.3) is 0 Å². The van der Waals surface area contributed by atoms with Crippen molar-refractivity contribution in [2.24, 2.45) is 5.92 Å². The molecule has 1 amide bonds. The lowest BCUT2D eigenvalue weighted by Crippen LogP contribution is -2.49. The summed E-state index contributed by atoms with van der Waals surface area (Å²) in [6, 6.07) is 8.69. The number of nitrogens with one attached hydrogen (secondary N) is 2. The zero-order chi connectivity index (χ0) is 13.2. The molecule has 19 heavy (non-hydrogen) atoms. The highest BCUT2D eigenvalue weighted by molar-refractivity contribution is 5.86. The third kappa shape index (κ3) is 2.52. The molecule has 2 N–H and O–H groups in total. The second kappa shape index (κ2) is 5.33. The topological polar surface area (TPSA) is 41.1 Å². The van der Waals surface area contributed by atoms with Crippen LogP contribution in [0.1, 0.15) is 36.8 Å². The summed E-state index contributed by atoms with van der Waals surface area (Å²) >= 11 is 0. The third-order valence-electron chi connectivity index (χ3n) is 4.60. The van der Waals surface area contributed by atoms with Crippen LogP contribution < -0.4 is 10.6 Å². The van der Waals surface area contributed by atoms with Gasteiger partial charge in [-0.3, -0.25) is 4.79 Å². The largest absolute Gasteiger partial charge is 0.354 e. The van der Waals surface area contributed by atoms with Crippen LogP contribution in [0.2, 0.25) is 0 Å². The van der Waals surface area contributed by atoms with Crippen LogP contribution in [0.4, 0.5) is 0 Å².